The Balaban J connectivity index is 2.20. The summed E-state index contributed by atoms with van der Waals surface area (Å²) >= 11 is 0. The molecule has 0 spiro atoms. The second-order valence-electron chi connectivity index (χ2n) is 4.14. The van der Waals surface area contributed by atoms with E-state index in [0.717, 1.165) is 0 Å². The van der Waals surface area contributed by atoms with Crippen molar-refractivity contribution >= 4 is 11.8 Å². The number of hydrogen-bond acceptors (Lipinski definition) is 2. The number of rotatable bonds is 2. The molecule has 8 heteroatoms. The number of carbonyl (C=O) groups excluding carboxylic acids is 1. The molecule has 2 aromatic carbocycles. The molecule has 2 aromatic rings. The maximum Gasteiger partial charge on any atom is 0.419 e. The van der Waals surface area contributed by atoms with Gasteiger partial charge in [0.05, 0.1) is 11.3 Å². The quantitative estimate of drug-likeness (QED) is 0.822. The molecule has 1 amide bonds. The Morgan fingerprint density at radius 2 is 1.64 bits per heavy atom. The van der Waals surface area contributed by atoms with Crippen LogP contribution in [-0.4, -0.2) is 6.09 Å². The zero-order valence-corrected chi connectivity index (χ0v) is 10.7. The highest BCUT2D eigenvalue weighted by Gasteiger charge is 2.35. The molecule has 0 bridgehead atoms. The van der Waals surface area contributed by atoms with Gasteiger partial charge in [0.25, 0.3) is 0 Å². The van der Waals surface area contributed by atoms with Crippen molar-refractivity contribution in [3.63, 3.8) is 0 Å². The molecular weight excluding hydrogens is 309 g/mol. The van der Waals surface area contributed by atoms with Crippen molar-refractivity contribution < 1.29 is 31.5 Å². The number of nitrogens with one attached hydrogen (secondary N) is 1. The van der Waals surface area contributed by atoms with Crippen LogP contribution in [0.3, 0.4) is 0 Å². The van der Waals surface area contributed by atoms with Gasteiger partial charge in [0.2, 0.25) is 0 Å². The summed E-state index contributed by atoms with van der Waals surface area (Å²) in [4.78, 5) is 11.5. The van der Waals surface area contributed by atoms with E-state index < -0.39 is 35.2 Å². The van der Waals surface area contributed by atoms with E-state index in [0.29, 0.717) is 0 Å². The van der Waals surface area contributed by atoms with Gasteiger partial charge >= 0.3 is 12.3 Å². The Labute approximate surface area is 121 Å². The molecule has 22 heavy (non-hydrogen) atoms. The van der Waals surface area contributed by atoms with E-state index in [1.807, 2.05) is 0 Å². The first-order valence-electron chi connectivity index (χ1n) is 5.87. The molecule has 0 heterocycles. The first-order chi connectivity index (χ1) is 10.3. The number of halogens is 5. The van der Waals surface area contributed by atoms with Crippen molar-refractivity contribution in [3.05, 3.63) is 59.7 Å². The fraction of sp³-hybridized carbons (Fsp3) is 0.0714. The van der Waals surface area contributed by atoms with E-state index in [9.17, 15) is 26.7 Å². The van der Waals surface area contributed by atoms with Gasteiger partial charge < -0.3 is 4.74 Å². The SMILES string of the molecule is O=C(Nc1cc(C(F)(F)F)c(F)cc1F)Oc1ccccc1. The fourth-order valence-electron chi connectivity index (χ4n) is 1.59. The summed E-state index contributed by atoms with van der Waals surface area (Å²) < 4.78 is 68.9. The lowest BCUT2D eigenvalue weighted by molar-refractivity contribution is -0.140. The van der Waals surface area contributed by atoms with Crippen LogP contribution in [0.5, 0.6) is 5.75 Å². The van der Waals surface area contributed by atoms with E-state index in [-0.39, 0.29) is 17.9 Å². The van der Waals surface area contributed by atoms with Crippen molar-refractivity contribution in [1.29, 1.82) is 0 Å². The summed E-state index contributed by atoms with van der Waals surface area (Å²) in [6.45, 7) is 0. The van der Waals surface area contributed by atoms with Crippen LogP contribution in [0.15, 0.2) is 42.5 Å². The average molecular weight is 317 g/mol. The summed E-state index contributed by atoms with van der Waals surface area (Å²) in [6, 6.07) is 7.81. The van der Waals surface area contributed by atoms with E-state index in [2.05, 4.69) is 0 Å². The summed E-state index contributed by atoms with van der Waals surface area (Å²) in [6.07, 6.45) is -6.22. The Bertz CT molecular complexity index is 686. The molecule has 0 atom stereocenters. The van der Waals surface area contributed by atoms with E-state index in [4.69, 9.17) is 4.74 Å². The lowest BCUT2D eigenvalue weighted by Crippen LogP contribution is -2.19. The molecule has 0 fully saturated rings. The van der Waals surface area contributed by atoms with Crippen LogP contribution in [-0.2, 0) is 6.18 Å². The molecule has 0 saturated carbocycles. The second kappa shape index (κ2) is 6.00. The van der Waals surface area contributed by atoms with Gasteiger partial charge in [-0.25, -0.2) is 13.6 Å². The van der Waals surface area contributed by atoms with Crippen molar-refractivity contribution in [2.75, 3.05) is 5.32 Å². The first kappa shape index (κ1) is 15.7. The number of ether oxygens (including phenoxy) is 1. The minimum absolute atomic E-state index is 0.0426. The summed E-state index contributed by atoms with van der Waals surface area (Å²) in [5.74, 6) is -3.01. The molecular formula is C14H8F5NO2. The predicted molar refractivity (Wildman–Crippen MR) is 67.4 cm³/mol. The zero-order valence-electron chi connectivity index (χ0n) is 10.7. The van der Waals surface area contributed by atoms with Gasteiger partial charge in [0.1, 0.15) is 17.4 Å². The molecule has 0 saturated heterocycles. The van der Waals surface area contributed by atoms with Crippen molar-refractivity contribution in [2.24, 2.45) is 0 Å². The van der Waals surface area contributed by atoms with Crippen molar-refractivity contribution in [2.45, 2.75) is 6.18 Å². The minimum Gasteiger partial charge on any atom is -0.410 e. The van der Waals surface area contributed by atoms with Crippen LogP contribution in [0, 0.1) is 11.6 Å². The standard InChI is InChI=1S/C14H8F5NO2/c15-10-7-11(16)12(6-9(10)14(17,18)19)20-13(21)22-8-4-2-1-3-5-8/h1-7H,(H,20,21). The molecule has 0 aliphatic rings. The van der Waals surface area contributed by atoms with Gasteiger partial charge in [0, 0.05) is 6.07 Å². The van der Waals surface area contributed by atoms with E-state index in [1.54, 1.807) is 23.5 Å². The van der Waals surface area contributed by atoms with Crippen LogP contribution >= 0.6 is 0 Å². The van der Waals surface area contributed by atoms with Crippen LogP contribution in [0.25, 0.3) is 0 Å². The number of amides is 1. The highest BCUT2D eigenvalue weighted by atomic mass is 19.4. The minimum atomic E-state index is -5.02. The summed E-state index contributed by atoms with van der Waals surface area (Å²) in [5.41, 5.74) is -2.53. The highest BCUT2D eigenvalue weighted by Crippen LogP contribution is 2.34. The third kappa shape index (κ3) is 3.72. The number of alkyl halides is 3. The van der Waals surface area contributed by atoms with Crippen LogP contribution in [0.2, 0.25) is 0 Å². The summed E-state index contributed by atoms with van der Waals surface area (Å²) in [7, 11) is 0. The van der Waals surface area contributed by atoms with Gasteiger partial charge in [-0.3, -0.25) is 5.32 Å². The van der Waals surface area contributed by atoms with Gasteiger partial charge in [0.15, 0.2) is 0 Å². The average Bonchev–Trinajstić information content (AvgIpc) is 2.41. The number of benzene rings is 2. The lowest BCUT2D eigenvalue weighted by atomic mass is 10.1. The monoisotopic (exact) mass is 317 g/mol. The van der Waals surface area contributed by atoms with Crippen LogP contribution < -0.4 is 10.1 Å². The Hall–Kier alpha value is -2.64. The number of anilines is 1. The van der Waals surface area contributed by atoms with Crippen molar-refractivity contribution in [1.82, 2.24) is 0 Å². The zero-order chi connectivity index (χ0) is 16.3. The maximum atomic E-state index is 13.4. The second-order valence-corrected chi connectivity index (χ2v) is 4.14. The van der Waals surface area contributed by atoms with Crippen LogP contribution in [0.4, 0.5) is 32.4 Å². The third-order valence-corrected chi connectivity index (χ3v) is 2.55. The Kier molecular flexibility index (Phi) is 4.30. The van der Waals surface area contributed by atoms with Crippen molar-refractivity contribution in [3.8, 4) is 5.75 Å². The number of hydrogen-bond donors (Lipinski definition) is 1. The Morgan fingerprint density at radius 1 is 1.00 bits per heavy atom. The van der Waals surface area contributed by atoms with E-state index in [1.165, 1.54) is 12.1 Å². The largest absolute Gasteiger partial charge is 0.419 e. The summed E-state index contributed by atoms with van der Waals surface area (Å²) in [5, 5.41) is 1.80. The maximum absolute atomic E-state index is 13.4. The molecule has 1 N–H and O–H groups in total. The van der Waals surface area contributed by atoms with Gasteiger partial charge in [-0.1, -0.05) is 18.2 Å². The third-order valence-electron chi connectivity index (χ3n) is 2.55. The molecule has 3 nitrogen and oxygen atoms in total. The molecule has 0 aliphatic carbocycles. The molecule has 116 valence electrons. The normalized spacial score (nSPS) is 11.1. The molecule has 2 rings (SSSR count). The van der Waals surface area contributed by atoms with Crippen LogP contribution in [0.1, 0.15) is 5.56 Å². The van der Waals surface area contributed by atoms with Gasteiger partial charge in [-0.2, -0.15) is 13.2 Å². The first-order valence-corrected chi connectivity index (χ1v) is 5.87. The molecule has 0 unspecified atom stereocenters. The molecule has 0 aliphatic heterocycles. The van der Waals surface area contributed by atoms with E-state index >= 15 is 0 Å². The van der Waals surface area contributed by atoms with Gasteiger partial charge in [-0.15, -0.1) is 0 Å². The highest BCUT2D eigenvalue weighted by molar-refractivity contribution is 5.86. The fourth-order valence-corrected chi connectivity index (χ4v) is 1.59. The topological polar surface area (TPSA) is 38.3 Å². The van der Waals surface area contributed by atoms with Gasteiger partial charge in [-0.05, 0) is 18.2 Å². The molecule has 0 radical (unpaired) electrons. The Morgan fingerprint density at radius 3 is 2.23 bits per heavy atom. The smallest absolute Gasteiger partial charge is 0.410 e. The number of para-hydroxylation sites is 1. The lowest BCUT2D eigenvalue weighted by Gasteiger charge is -2.12. The molecule has 0 aromatic heterocycles. The predicted octanol–water partition coefficient (Wildman–Crippen LogP) is 4.59. The number of carbonyl (C=O) groups is 1.